The fraction of sp³-hybridized carbons (Fsp3) is 0.421. The van der Waals surface area contributed by atoms with Gasteiger partial charge in [0, 0.05) is 12.1 Å². The second-order valence-electron chi connectivity index (χ2n) is 7.76. The van der Waals surface area contributed by atoms with E-state index in [9.17, 15) is 22.8 Å². The van der Waals surface area contributed by atoms with Crippen LogP contribution in [0.25, 0.3) is 10.9 Å². The first-order valence-corrected chi connectivity index (χ1v) is 10.8. The van der Waals surface area contributed by atoms with Crippen LogP contribution >= 0.6 is 0 Å². The van der Waals surface area contributed by atoms with Crippen LogP contribution in [0, 0.1) is 5.92 Å². The highest BCUT2D eigenvalue weighted by molar-refractivity contribution is 7.89. The van der Waals surface area contributed by atoms with Crippen molar-refractivity contribution >= 4 is 26.8 Å². The number of hydrogen-bond donors (Lipinski definition) is 3. The van der Waals surface area contributed by atoms with Crippen molar-refractivity contribution in [1.29, 1.82) is 0 Å². The van der Waals surface area contributed by atoms with Crippen molar-refractivity contribution in [2.75, 3.05) is 0 Å². The molecule has 1 aromatic heterocycles. The molecule has 0 radical (unpaired) electrons. The van der Waals surface area contributed by atoms with Crippen LogP contribution in [0.4, 0.5) is 0 Å². The zero-order valence-electron chi connectivity index (χ0n) is 16.1. The summed E-state index contributed by atoms with van der Waals surface area (Å²) in [5.41, 5.74) is 3.63. The Bertz CT molecular complexity index is 1190. The van der Waals surface area contributed by atoms with Gasteiger partial charge in [0.25, 0.3) is 5.56 Å². The topological polar surface area (TPSA) is 144 Å². The summed E-state index contributed by atoms with van der Waals surface area (Å²) >= 11 is 0. The molecule has 0 unspecified atom stereocenters. The molecule has 10 heteroatoms. The molecule has 29 heavy (non-hydrogen) atoms. The minimum atomic E-state index is -3.69. The molecule has 1 aromatic carbocycles. The molecule has 0 aliphatic heterocycles. The Labute approximate surface area is 167 Å². The minimum Gasteiger partial charge on any atom is -0.366 e. The summed E-state index contributed by atoms with van der Waals surface area (Å²) in [4.78, 5) is 36.0. The Morgan fingerprint density at radius 1 is 1.38 bits per heavy atom. The number of rotatable bonds is 6. The van der Waals surface area contributed by atoms with E-state index < -0.39 is 27.2 Å². The lowest BCUT2D eigenvalue weighted by molar-refractivity contribution is -0.113. The Hall–Kier alpha value is -2.72. The van der Waals surface area contributed by atoms with Gasteiger partial charge in [-0.25, -0.2) is 17.9 Å². The van der Waals surface area contributed by atoms with Crippen LogP contribution < -0.4 is 21.7 Å². The van der Waals surface area contributed by atoms with Crippen molar-refractivity contribution in [3.8, 4) is 0 Å². The number of aromatic amines is 1. The first kappa shape index (κ1) is 21.0. The molecular formula is C19H24N4O5S. The van der Waals surface area contributed by atoms with Gasteiger partial charge in [0.05, 0.1) is 15.8 Å². The third kappa shape index (κ3) is 5.01. The van der Waals surface area contributed by atoms with Gasteiger partial charge >= 0.3 is 5.69 Å². The first-order valence-electron chi connectivity index (χ1n) is 9.27. The van der Waals surface area contributed by atoms with Crippen LogP contribution in [0.1, 0.15) is 32.6 Å². The van der Waals surface area contributed by atoms with E-state index >= 15 is 0 Å². The van der Waals surface area contributed by atoms with Crippen molar-refractivity contribution < 1.29 is 13.2 Å². The summed E-state index contributed by atoms with van der Waals surface area (Å²) in [7, 11) is -3.69. The molecule has 4 N–H and O–H groups in total. The first-order chi connectivity index (χ1) is 13.5. The standard InChI is InChI=1S/C16H19N3O4S.C3H5NO/c1-16(6-7-16)18-24(22,23)11-4-5-13-12(8-11)14(20)17-15(21)19(13)9-10-2-3-10;1-2-3(4)5/h4-5,8,10,18H,2-3,6-7,9H2,1H3,(H,17,20,21);2H,1H2,(H2,4,5). The quantitative estimate of drug-likeness (QED) is 0.586. The maximum absolute atomic E-state index is 12.5. The maximum atomic E-state index is 12.5. The van der Waals surface area contributed by atoms with Gasteiger partial charge in [-0.15, -0.1) is 0 Å². The number of benzene rings is 1. The molecule has 0 spiro atoms. The largest absolute Gasteiger partial charge is 0.366 e. The third-order valence-electron chi connectivity index (χ3n) is 5.00. The number of nitrogens with zero attached hydrogens (tertiary/aromatic N) is 1. The minimum absolute atomic E-state index is 0.0465. The van der Waals surface area contributed by atoms with Crippen LogP contribution in [0.15, 0.2) is 45.3 Å². The van der Waals surface area contributed by atoms with Gasteiger partial charge in [-0.1, -0.05) is 6.58 Å². The summed E-state index contributed by atoms with van der Waals surface area (Å²) in [6.07, 6.45) is 4.81. The highest BCUT2D eigenvalue weighted by Gasteiger charge is 2.41. The molecule has 2 fully saturated rings. The van der Waals surface area contributed by atoms with Crippen LogP contribution in [-0.2, 0) is 21.4 Å². The van der Waals surface area contributed by atoms with E-state index in [1.165, 1.54) is 16.7 Å². The van der Waals surface area contributed by atoms with E-state index in [-0.39, 0.29) is 15.8 Å². The van der Waals surface area contributed by atoms with Gasteiger partial charge in [-0.3, -0.25) is 19.1 Å². The van der Waals surface area contributed by atoms with E-state index in [2.05, 4.69) is 22.0 Å². The zero-order valence-corrected chi connectivity index (χ0v) is 16.9. The number of aromatic nitrogens is 2. The predicted octanol–water partition coefficient (Wildman–Crippen LogP) is 0.588. The van der Waals surface area contributed by atoms with E-state index in [0.717, 1.165) is 31.8 Å². The number of carbonyl (C=O) groups excluding carboxylic acids is 1. The third-order valence-corrected chi connectivity index (χ3v) is 6.64. The van der Waals surface area contributed by atoms with Gasteiger partial charge in [0.2, 0.25) is 15.9 Å². The van der Waals surface area contributed by atoms with Crippen LogP contribution in [-0.4, -0.2) is 29.4 Å². The Kier molecular flexibility index (Phi) is 5.50. The van der Waals surface area contributed by atoms with Crippen molar-refractivity contribution in [2.45, 2.75) is 49.6 Å². The number of fused-ring (bicyclic) bond motifs is 1. The number of carbonyl (C=O) groups is 1. The van der Waals surface area contributed by atoms with Crippen LogP contribution in [0.5, 0.6) is 0 Å². The highest BCUT2D eigenvalue weighted by Crippen LogP contribution is 2.36. The summed E-state index contributed by atoms with van der Waals surface area (Å²) in [6.45, 7) is 5.49. The summed E-state index contributed by atoms with van der Waals surface area (Å²) in [6, 6.07) is 4.36. The van der Waals surface area contributed by atoms with E-state index in [0.29, 0.717) is 18.0 Å². The summed E-state index contributed by atoms with van der Waals surface area (Å²) in [5, 5.41) is 0.221. The monoisotopic (exact) mass is 420 g/mol. The molecule has 2 aliphatic rings. The van der Waals surface area contributed by atoms with Gasteiger partial charge in [0.15, 0.2) is 0 Å². The molecule has 0 saturated heterocycles. The average molecular weight is 420 g/mol. The van der Waals surface area contributed by atoms with E-state index in [1.54, 1.807) is 6.07 Å². The van der Waals surface area contributed by atoms with Crippen molar-refractivity contribution in [3.63, 3.8) is 0 Å². The van der Waals surface area contributed by atoms with Gasteiger partial charge in [0.1, 0.15) is 0 Å². The number of hydrogen-bond acceptors (Lipinski definition) is 5. The van der Waals surface area contributed by atoms with Crippen LogP contribution in [0.2, 0.25) is 0 Å². The molecule has 156 valence electrons. The molecular weight excluding hydrogens is 396 g/mol. The second kappa shape index (κ2) is 7.60. The fourth-order valence-electron chi connectivity index (χ4n) is 2.85. The number of primary amides is 1. The predicted molar refractivity (Wildman–Crippen MR) is 109 cm³/mol. The molecule has 2 aromatic rings. The Balaban J connectivity index is 0.000000431. The lowest BCUT2D eigenvalue weighted by Gasteiger charge is -2.13. The number of nitrogens with two attached hydrogens (primary N) is 1. The molecule has 0 bridgehead atoms. The summed E-state index contributed by atoms with van der Waals surface area (Å²) in [5.74, 6) is -0.0262. The molecule has 2 aliphatic carbocycles. The van der Waals surface area contributed by atoms with E-state index in [4.69, 9.17) is 0 Å². The van der Waals surface area contributed by atoms with Crippen LogP contribution in [0.3, 0.4) is 0 Å². The molecule has 1 heterocycles. The smallest absolute Gasteiger partial charge is 0.328 e. The molecule has 9 nitrogen and oxygen atoms in total. The highest BCUT2D eigenvalue weighted by atomic mass is 32.2. The molecule has 1 amide bonds. The normalized spacial score (nSPS) is 17.3. The lowest BCUT2D eigenvalue weighted by Crippen LogP contribution is -2.34. The van der Waals surface area contributed by atoms with Gasteiger partial charge in [-0.2, -0.15) is 0 Å². The van der Waals surface area contributed by atoms with Crippen molar-refractivity contribution in [3.05, 3.63) is 51.7 Å². The number of amides is 1. The molecule has 4 rings (SSSR count). The average Bonchev–Trinajstić information content (AvgIpc) is 3.57. The van der Waals surface area contributed by atoms with Gasteiger partial charge in [-0.05, 0) is 62.8 Å². The van der Waals surface area contributed by atoms with Crippen molar-refractivity contribution in [1.82, 2.24) is 14.3 Å². The molecule has 0 atom stereocenters. The second-order valence-corrected chi connectivity index (χ2v) is 9.45. The number of nitrogens with one attached hydrogen (secondary N) is 2. The zero-order chi connectivity index (χ0) is 21.4. The van der Waals surface area contributed by atoms with E-state index in [1.807, 2.05) is 6.92 Å². The maximum Gasteiger partial charge on any atom is 0.328 e. The number of H-pyrrole nitrogens is 1. The van der Waals surface area contributed by atoms with Crippen molar-refractivity contribution in [2.24, 2.45) is 11.7 Å². The molecule has 2 saturated carbocycles. The summed E-state index contributed by atoms with van der Waals surface area (Å²) < 4.78 is 29.2. The fourth-order valence-corrected chi connectivity index (χ4v) is 4.34. The Morgan fingerprint density at radius 3 is 2.52 bits per heavy atom. The SMILES string of the molecule is C=CC(N)=O.CC1(NS(=O)(=O)c2ccc3c(c2)c(=O)[nH]c(=O)n3CC2CC2)CC1. The number of sulfonamides is 1. The lowest BCUT2D eigenvalue weighted by atomic mass is 10.2. The Morgan fingerprint density at radius 2 is 2.00 bits per heavy atom. The van der Waals surface area contributed by atoms with Gasteiger partial charge < -0.3 is 5.73 Å².